The van der Waals surface area contributed by atoms with Crippen molar-refractivity contribution in [3.8, 4) is 6.07 Å². The highest BCUT2D eigenvalue weighted by Crippen LogP contribution is 2.34. The second-order valence-corrected chi connectivity index (χ2v) is 5.86. The van der Waals surface area contributed by atoms with Gasteiger partial charge < -0.3 is 11.1 Å². The van der Waals surface area contributed by atoms with Gasteiger partial charge in [-0.15, -0.1) is 0 Å². The van der Waals surface area contributed by atoms with E-state index >= 15 is 0 Å². The first-order valence-corrected chi connectivity index (χ1v) is 6.71. The van der Waals surface area contributed by atoms with Gasteiger partial charge in [-0.3, -0.25) is 0 Å². The number of halogens is 3. The Morgan fingerprint density at radius 1 is 1.33 bits per heavy atom. The summed E-state index contributed by atoms with van der Waals surface area (Å²) in [6, 6.07) is 5.18. The molecule has 0 amide bonds. The van der Waals surface area contributed by atoms with Gasteiger partial charge in [0.15, 0.2) is 0 Å². The first-order valence-electron chi connectivity index (χ1n) is 6.71. The largest absolute Gasteiger partial charge is 0.417 e. The van der Waals surface area contributed by atoms with E-state index in [4.69, 9.17) is 11.0 Å². The Balaban J connectivity index is 3.13. The van der Waals surface area contributed by atoms with Crippen molar-refractivity contribution in [3.05, 3.63) is 29.3 Å². The van der Waals surface area contributed by atoms with Crippen LogP contribution in [0.3, 0.4) is 0 Å². The molecule has 0 heterocycles. The number of hydrogen-bond donors (Lipinski definition) is 2. The molecule has 0 aromatic heterocycles. The Hall–Kier alpha value is -1.74. The Morgan fingerprint density at radius 3 is 2.38 bits per heavy atom. The lowest BCUT2D eigenvalue weighted by atomic mass is 9.90. The number of alkyl halides is 3. The van der Waals surface area contributed by atoms with Crippen LogP contribution in [0.15, 0.2) is 18.2 Å². The van der Waals surface area contributed by atoms with Crippen molar-refractivity contribution < 1.29 is 13.2 Å². The lowest BCUT2D eigenvalue weighted by Crippen LogP contribution is -2.43. The molecule has 1 aromatic carbocycles. The Morgan fingerprint density at radius 2 is 1.95 bits per heavy atom. The number of nitrogens with one attached hydrogen (secondary N) is 1. The molecule has 116 valence electrons. The van der Waals surface area contributed by atoms with Gasteiger partial charge in [0, 0.05) is 17.8 Å². The quantitative estimate of drug-likeness (QED) is 0.870. The van der Waals surface area contributed by atoms with Crippen LogP contribution in [0.25, 0.3) is 0 Å². The summed E-state index contributed by atoms with van der Waals surface area (Å²) >= 11 is 0. The zero-order valence-corrected chi connectivity index (χ0v) is 12.4. The first-order chi connectivity index (χ1) is 9.61. The van der Waals surface area contributed by atoms with Gasteiger partial charge >= 0.3 is 6.18 Å². The van der Waals surface area contributed by atoms with Crippen LogP contribution in [0.1, 0.15) is 38.3 Å². The van der Waals surface area contributed by atoms with Crippen molar-refractivity contribution in [1.29, 1.82) is 5.26 Å². The average molecular weight is 299 g/mol. The molecule has 0 spiro atoms. The molecule has 0 radical (unpaired) electrons. The van der Waals surface area contributed by atoms with Gasteiger partial charge in [-0.1, -0.05) is 13.8 Å². The molecule has 0 fully saturated rings. The number of nitriles is 1. The Labute approximate surface area is 122 Å². The average Bonchev–Trinajstić information content (AvgIpc) is 2.36. The third-order valence-corrected chi connectivity index (χ3v) is 3.20. The van der Waals surface area contributed by atoms with Crippen molar-refractivity contribution in [2.45, 2.75) is 38.9 Å². The van der Waals surface area contributed by atoms with Crippen molar-refractivity contribution in [2.24, 2.45) is 11.7 Å². The van der Waals surface area contributed by atoms with E-state index < -0.39 is 17.3 Å². The number of rotatable bonds is 5. The van der Waals surface area contributed by atoms with E-state index in [1.165, 1.54) is 12.1 Å². The Kier molecular flexibility index (Phi) is 5.24. The molecule has 0 aliphatic rings. The van der Waals surface area contributed by atoms with E-state index in [0.717, 1.165) is 12.5 Å². The number of benzene rings is 1. The highest BCUT2D eigenvalue weighted by molar-refractivity contribution is 5.54. The van der Waals surface area contributed by atoms with Crippen molar-refractivity contribution in [3.63, 3.8) is 0 Å². The molecule has 0 bridgehead atoms. The summed E-state index contributed by atoms with van der Waals surface area (Å²) in [6.45, 7) is 6.22. The van der Waals surface area contributed by atoms with Crippen LogP contribution in [0, 0.1) is 17.2 Å². The third kappa shape index (κ3) is 4.64. The number of nitrogens with two attached hydrogens (primary N) is 1. The summed E-state index contributed by atoms with van der Waals surface area (Å²) in [5, 5.41) is 11.8. The molecule has 1 aromatic rings. The molecule has 6 heteroatoms. The molecule has 0 saturated heterocycles. The minimum Gasteiger partial charge on any atom is -0.379 e. The van der Waals surface area contributed by atoms with Gasteiger partial charge in [-0.05, 0) is 37.5 Å². The van der Waals surface area contributed by atoms with E-state index in [2.05, 4.69) is 5.32 Å². The van der Waals surface area contributed by atoms with E-state index in [9.17, 15) is 13.2 Å². The van der Waals surface area contributed by atoms with Gasteiger partial charge in [0.05, 0.1) is 17.2 Å². The summed E-state index contributed by atoms with van der Waals surface area (Å²) < 4.78 is 38.8. The molecular weight excluding hydrogens is 279 g/mol. The van der Waals surface area contributed by atoms with Crippen LogP contribution < -0.4 is 11.1 Å². The molecule has 3 N–H and O–H groups in total. The molecular formula is C15H20F3N3. The van der Waals surface area contributed by atoms with E-state index in [0.29, 0.717) is 18.2 Å². The number of anilines is 1. The topological polar surface area (TPSA) is 61.8 Å². The molecule has 0 saturated carbocycles. The normalized spacial score (nSPS) is 14.6. The zero-order valence-electron chi connectivity index (χ0n) is 12.4. The van der Waals surface area contributed by atoms with Crippen molar-refractivity contribution in [2.75, 3.05) is 11.9 Å². The number of nitrogens with zero attached hydrogens (tertiary/aromatic N) is 1. The van der Waals surface area contributed by atoms with Crippen LogP contribution in [-0.4, -0.2) is 12.1 Å². The molecule has 1 unspecified atom stereocenters. The second-order valence-electron chi connectivity index (χ2n) is 5.86. The fourth-order valence-corrected chi connectivity index (χ4v) is 2.39. The van der Waals surface area contributed by atoms with Crippen LogP contribution in [-0.2, 0) is 6.18 Å². The van der Waals surface area contributed by atoms with Crippen LogP contribution in [0.2, 0.25) is 0 Å². The highest BCUT2D eigenvalue weighted by Gasteiger charge is 2.34. The highest BCUT2D eigenvalue weighted by atomic mass is 19.4. The van der Waals surface area contributed by atoms with Gasteiger partial charge in [0.2, 0.25) is 0 Å². The Bertz CT molecular complexity index is 532. The maximum Gasteiger partial charge on any atom is 0.417 e. The predicted octanol–water partition coefficient (Wildman–Crippen LogP) is 3.75. The fraction of sp³-hybridized carbons (Fsp3) is 0.533. The maximum absolute atomic E-state index is 12.9. The smallest absolute Gasteiger partial charge is 0.379 e. The second kappa shape index (κ2) is 6.35. The monoisotopic (exact) mass is 299 g/mol. The van der Waals surface area contributed by atoms with E-state index in [-0.39, 0.29) is 5.56 Å². The van der Waals surface area contributed by atoms with Gasteiger partial charge in [-0.2, -0.15) is 18.4 Å². The van der Waals surface area contributed by atoms with E-state index in [1.54, 1.807) is 6.07 Å². The SMILES string of the molecule is CC(C)CC(C)(CN)Nc1ccc(C#N)c(C(F)(F)F)c1. The number of hydrogen-bond acceptors (Lipinski definition) is 3. The first kappa shape index (κ1) is 17.3. The summed E-state index contributed by atoms with van der Waals surface area (Å²) in [5.41, 5.74) is 4.25. The molecule has 21 heavy (non-hydrogen) atoms. The van der Waals surface area contributed by atoms with E-state index in [1.807, 2.05) is 20.8 Å². The molecule has 0 aliphatic carbocycles. The summed E-state index contributed by atoms with van der Waals surface area (Å²) in [5.74, 6) is 0.353. The van der Waals surface area contributed by atoms with Crippen molar-refractivity contribution >= 4 is 5.69 Å². The summed E-state index contributed by atoms with van der Waals surface area (Å²) in [4.78, 5) is 0. The van der Waals surface area contributed by atoms with Gasteiger partial charge in [0.25, 0.3) is 0 Å². The van der Waals surface area contributed by atoms with Crippen LogP contribution in [0.4, 0.5) is 18.9 Å². The lowest BCUT2D eigenvalue weighted by molar-refractivity contribution is -0.137. The lowest BCUT2D eigenvalue weighted by Gasteiger charge is -2.32. The minimum atomic E-state index is -4.56. The minimum absolute atomic E-state index is 0.298. The zero-order chi connectivity index (χ0) is 16.3. The van der Waals surface area contributed by atoms with Crippen LogP contribution >= 0.6 is 0 Å². The standard InChI is InChI=1S/C15H20F3N3/c1-10(2)7-14(3,9-20)21-12-5-4-11(8-19)13(6-12)15(16,17)18/h4-6,10,21H,7,9,20H2,1-3H3. The van der Waals surface area contributed by atoms with Crippen molar-refractivity contribution in [1.82, 2.24) is 0 Å². The van der Waals surface area contributed by atoms with Gasteiger partial charge in [0.1, 0.15) is 0 Å². The fourth-order valence-electron chi connectivity index (χ4n) is 2.39. The maximum atomic E-state index is 12.9. The summed E-state index contributed by atoms with van der Waals surface area (Å²) in [7, 11) is 0. The summed E-state index contributed by atoms with van der Waals surface area (Å²) in [6.07, 6.45) is -3.83. The molecule has 0 aliphatic heterocycles. The molecule has 1 rings (SSSR count). The third-order valence-electron chi connectivity index (χ3n) is 3.20. The van der Waals surface area contributed by atoms with Crippen LogP contribution in [0.5, 0.6) is 0 Å². The van der Waals surface area contributed by atoms with Gasteiger partial charge in [-0.25, -0.2) is 0 Å². The predicted molar refractivity (Wildman–Crippen MR) is 76.7 cm³/mol. The molecule has 3 nitrogen and oxygen atoms in total. The molecule has 1 atom stereocenters.